The lowest BCUT2D eigenvalue weighted by molar-refractivity contribution is -0.130. The Morgan fingerprint density at radius 3 is 2.74 bits per heavy atom. The smallest absolute Gasteiger partial charge is 0.298 e. The number of rotatable bonds is 5. The molecule has 2 atom stereocenters. The van der Waals surface area contributed by atoms with Crippen LogP contribution in [0.3, 0.4) is 0 Å². The minimum Gasteiger partial charge on any atom is -0.493 e. The van der Waals surface area contributed by atoms with Gasteiger partial charge in [-0.3, -0.25) is 4.79 Å². The lowest BCUT2D eigenvalue weighted by Gasteiger charge is -2.38. The Balaban J connectivity index is 1.30. The highest BCUT2D eigenvalue weighted by molar-refractivity contribution is 5.94. The van der Waals surface area contributed by atoms with Gasteiger partial charge >= 0.3 is 0 Å². The molecule has 0 spiro atoms. The first-order chi connectivity index (χ1) is 17.1. The van der Waals surface area contributed by atoms with Crippen LogP contribution in [0.15, 0.2) is 36.7 Å². The Labute approximate surface area is 204 Å². The van der Waals surface area contributed by atoms with E-state index in [1.54, 1.807) is 13.4 Å². The summed E-state index contributed by atoms with van der Waals surface area (Å²) in [6.07, 6.45) is 13.8. The number of hydrogen-bond acceptors (Lipinski definition) is 6. The van der Waals surface area contributed by atoms with Gasteiger partial charge in [-0.1, -0.05) is 12.1 Å². The number of fused-ring (bicyclic) bond motifs is 4. The van der Waals surface area contributed by atoms with Gasteiger partial charge in [-0.25, -0.2) is 9.97 Å². The number of carbonyl (C=O) groups excluding carboxylic acids is 1. The molecule has 7 heteroatoms. The Bertz CT molecular complexity index is 1330. The van der Waals surface area contributed by atoms with Gasteiger partial charge < -0.3 is 19.7 Å². The van der Waals surface area contributed by atoms with E-state index in [2.05, 4.69) is 39.4 Å². The second-order valence-electron chi connectivity index (χ2n) is 9.62. The van der Waals surface area contributed by atoms with Crippen molar-refractivity contribution in [2.75, 3.05) is 12.4 Å². The van der Waals surface area contributed by atoms with Crippen molar-refractivity contribution in [1.29, 1.82) is 0 Å². The SMILES string of the molecule is C#CC(=O)N1C2CCC1CC(Oc1cc3c(Nc4cccc5c4CCC5)ncnc3cc1OC)C2. The Kier molecular flexibility index (Phi) is 5.44. The molecule has 6 rings (SSSR count). The molecule has 178 valence electrons. The second-order valence-corrected chi connectivity index (χ2v) is 9.62. The summed E-state index contributed by atoms with van der Waals surface area (Å²) in [6, 6.07) is 10.6. The number of aromatic nitrogens is 2. The standard InChI is InChI=1S/C28H28N4O3/c1-3-27(33)32-18-10-11-19(32)13-20(12-18)35-26-14-22-24(15-25(26)34-2)29-16-30-28(22)31-23-9-5-7-17-6-4-8-21(17)23/h1,5,7,9,14-16,18-20H,4,6,8,10-13H2,2H3,(H,29,30,31). The fourth-order valence-electron chi connectivity index (χ4n) is 6.09. The van der Waals surface area contributed by atoms with Crippen LogP contribution in [0.2, 0.25) is 0 Å². The number of hydrogen-bond donors (Lipinski definition) is 1. The van der Waals surface area contributed by atoms with Gasteiger partial charge in [0.1, 0.15) is 18.2 Å². The molecule has 2 aromatic carbocycles. The lowest BCUT2D eigenvalue weighted by Crippen LogP contribution is -2.48. The van der Waals surface area contributed by atoms with Crippen LogP contribution < -0.4 is 14.8 Å². The van der Waals surface area contributed by atoms with E-state index >= 15 is 0 Å². The zero-order valence-electron chi connectivity index (χ0n) is 19.8. The van der Waals surface area contributed by atoms with Crippen LogP contribution in [-0.2, 0) is 17.6 Å². The number of ether oxygens (including phenoxy) is 2. The summed E-state index contributed by atoms with van der Waals surface area (Å²) in [5.74, 6) is 4.12. The van der Waals surface area contributed by atoms with Crippen LogP contribution in [0.1, 0.15) is 43.2 Å². The highest BCUT2D eigenvalue weighted by Gasteiger charge is 2.43. The summed E-state index contributed by atoms with van der Waals surface area (Å²) in [5.41, 5.74) is 4.66. The van der Waals surface area contributed by atoms with Crippen LogP contribution in [0, 0.1) is 12.3 Å². The molecule has 3 aliphatic rings. The van der Waals surface area contributed by atoms with E-state index in [-0.39, 0.29) is 24.1 Å². The van der Waals surface area contributed by atoms with Gasteiger partial charge in [0.15, 0.2) is 11.5 Å². The Morgan fingerprint density at radius 1 is 1.14 bits per heavy atom. The molecule has 1 aliphatic carbocycles. The molecule has 3 aromatic rings. The maximum absolute atomic E-state index is 12.2. The molecule has 1 N–H and O–H groups in total. The van der Waals surface area contributed by atoms with E-state index in [1.807, 2.05) is 17.0 Å². The molecule has 0 radical (unpaired) electrons. The quantitative estimate of drug-likeness (QED) is 0.559. The largest absolute Gasteiger partial charge is 0.493 e. The zero-order chi connectivity index (χ0) is 23.9. The minimum absolute atomic E-state index is 0.0147. The molecule has 2 saturated heterocycles. The molecular weight excluding hydrogens is 440 g/mol. The van der Waals surface area contributed by atoms with Crippen molar-refractivity contribution in [2.24, 2.45) is 0 Å². The van der Waals surface area contributed by atoms with Crippen LogP contribution in [0.25, 0.3) is 10.9 Å². The van der Waals surface area contributed by atoms with Crippen molar-refractivity contribution in [1.82, 2.24) is 14.9 Å². The third-order valence-corrected chi connectivity index (χ3v) is 7.66. The molecule has 1 aromatic heterocycles. The van der Waals surface area contributed by atoms with Crippen LogP contribution >= 0.6 is 0 Å². The molecule has 0 saturated carbocycles. The predicted molar refractivity (Wildman–Crippen MR) is 134 cm³/mol. The number of anilines is 2. The monoisotopic (exact) mass is 468 g/mol. The van der Waals surface area contributed by atoms with E-state index in [9.17, 15) is 4.79 Å². The Hall–Kier alpha value is -3.79. The highest BCUT2D eigenvalue weighted by Crippen LogP contribution is 2.41. The number of aryl methyl sites for hydroxylation is 1. The number of amides is 1. The average molecular weight is 469 g/mol. The van der Waals surface area contributed by atoms with Gasteiger partial charge in [0.25, 0.3) is 5.91 Å². The molecule has 1 amide bonds. The fourth-order valence-corrected chi connectivity index (χ4v) is 6.09. The van der Waals surface area contributed by atoms with E-state index in [0.717, 1.165) is 60.9 Å². The number of carbonyl (C=O) groups is 1. The number of piperidine rings is 1. The number of nitrogens with zero attached hydrogens (tertiary/aromatic N) is 3. The molecule has 7 nitrogen and oxygen atoms in total. The number of nitrogens with one attached hydrogen (secondary N) is 1. The summed E-state index contributed by atoms with van der Waals surface area (Å²) in [4.78, 5) is 23.1. The van der Waals surface area contributed by atoms with Crippen molar-refractivity contribution >= 4 is 28.3 Å². The third kappa shape index (κ3) is 3.83. The maximum atomic E-state index is 12.2. The lowest BCUT2D eigenvalue weighted by atomic mass is 9.99. The normalized spacial score (nSPS) is 22.5. The fraction of sp³-hybridized carbons (Fsp3) is 0.393. The third-order valence-electron chi connectivity index (χ3n) is 7.66. The summed E-state index contributed by atoms with van der Waals surface area (Å²) in [6.45, 7) is 0. The second kappa shape index (κ2) is 8.77. The molecule has 2 aliphatic heterocycles. The van der Waals surface area contributed by atoms with Gasteiger partial charge in [0, 0.05) is 42.1 Å². The summed E-state index contributed by atoms with van der Waals surface area (Å²) < 4.78 is 12.2. The Morgan fingerprint density at radius 2 is 1.97 bits per heavy atom. The highest BCUT2D eigenvalue weighted by atomic mass is 16.5. The van der Waals surface area contributed by atoms with Gasteiger partial charge in [-0.15, -0.1) is 6.42 Å². The van der Waals surface area contributed by atoms with Gasteiger partial charge in [-0.2, -0.15) is 0 Å². The van der Waals surface area contributed by atoms with E-state index < -0.39 is 0 Å². The van der Waals surface area contributed by atoms with Crippen LogP contribution in [0.5, 0.6) is 11.5 Å². The summed E-state index contributed by atoms with van der Waals surface area (Å²) in [5, 5.41) is 4.43. The predicted octanol–water partition coefficient (Wildman–Crippen LogP) is 4.40. The first kappa shape index (κ1) is 21.7. The van der Waals surface area contributed by atoms with Crippen LogP contribution in [0.4, 0.5) is 11.5 Å². The van der Waals surface area contributed by atoms with Gasteiger partial charge in [-0.05, 0) is 61.3 Å². The van der Waals surface area contributed by atoms with Crippen molar-refractivity contribution < 1.29 is 14.3 Å². The summed E-state index contributed by atoms with van der Waals surface area (Å²) >= 11 is 0. The maximum Gasteiger partial charge on any atom is 0.298 e. The molecule has 35 heavy (non-hydrogen) atoms. The topological polar surface area (TPSA) is 76.6 Å². The van der Waals surface area contributed by atoms with E-state index in [0.29, 0.717) is 11.5 Å². The average Bonchev–Trinajstić information content (AvgIpc) is 3.46. The molecule has 2 fully saturated rings. The molecular formula is C28H28N4O3. The molecule has 2 unspecified atom stereocenters. The number of methoxy groups -OCH3 is 1. The first-order valence-corrected chi connectivity index (χ1v) is 12.3. The number of terminal acetylenes is 1. The summed E-state index contributed by atoms with van der Waals surface area (Å²) in [7, 11) is 1.64. The molecule has 2 bridgehead atoms. The van der Waals surface area contributed by atoms with Crippen molar-refractivity contribution in [3.05, 3.63) is 47.8 Å². The van der Waals surface area contributed by atoms with Crippen LogP contribution in [-0.4, -0.2) is 46.1 Å². The zero-order valence-corrected chi connectivity index (χ0v) is 19.8. The van der Waals surface area contributed by atoms with Crippen molar-refractivity contribution in [3.63, 3.8) is 0 Å². The first-order valence-electron chi connectivity index (χ1n) is 12.3. The van der Waals surface area contributed by atoms with Gasteiger partial charge in [0.2, 0.25) is 0 Å². The van der Waals surface area contributed by atoms with Gasteiger partial charge in [0.05, 0.1) is 12.6 Å². The number of benzene rings is 2. The van der Waals surface area contributed by atoms with Crippen molar-refractivity contribution in [2.45, 2.75) is 63.1 Å². The molecule has 3 heterocycles. The van der Waals surface area contributed by atoms with Crippen molar-refractivity contribution in [3.8, 4) is 23.8 Å². The van der Waals surface area contributed by atoms with E-state index in [4.69, 9.17) is 15.9 Å². The minimum atomic E-state index is -0.209. The van der Waals surface area contributed by atoms with E-state index in [1.165, 1.54) is 17.5 Å².